The number of thiophene rings is 1. The number of hydrogen-bond acceptors (Lipinski definition) is 7. The van der Waals surface area contributed by atoms with Crippen molar-refractivity contribution < 1.29 is 35.9 Å². The van der Waals surface area contributed by atoms with Crippen molar-refractivity contribution in [3.8, 4) is 0 Å². The molecule has 0 radical (unpaired) electrons. The lowest BCUT2D eigenvalue weighted by atomic mass is 10.3. The number of halogens is 3. The number of nitrogens with zero attached hydrogens (tertiary/aromatic N) is 2. The Kier molecular flexibility index (Phi) is 5.66. The van der Waals surface area contributed by atoms with Gasteiger partial charge in [-0.25, -0.2) is 8.42 Å². The summed E-state index contributed by atoms with van der Waals surface area (Å²) in [5.41, 5.74) is 3.12. The fourth-order valence-electron chi connectivity index (χ4n) is 2.44. The number of alkyl halides is 3. The standard InChI is InChI=1S/C14H14F3N5O5S2/c15-14(16,17)9-6-8(20-21-9)12(24)19-13-7(11(18)23)5-10(28-13)29(25,26)22-1-3-27-4-2-22/h5-6H,1-4H2,(H2,18,23)(H,19,24)(H,20,21). The molecule has 0 unspecified atom stereocenters. The zero-order chi connectivity index (χ0) is 21.4. The molecule has 2 aromatic rings. The molecule has 29 heavy (non-hydrogen) atoms. The number of ether oxygens (including phenoxy) is 1. The number of H-pyrrole nitrogens is 1. The molecule has 0 spiro atoms. The molecule has 1 aliphatic heterocycles. The van der Waals surface area contributed by atoms with E-state index in [-0.39, 0.29) is 41.1 Å². The van der Waals surface area contributed by atoms with Crippen LogP contribution >= 0.6 is 11.3 Å². The van der Waals surface area contributed by atoms with Gasteiger partial charge in [-0.3, -0.25) is 14.7 Å². The van der Waals surface area contributed by atoms with Crippen molar-refractivity contribution in [2.24, 2.45) is 5.73 Å². The molecule has 0 atom stereocenters. The Hall–Kier alpha value is -2.49. The van der Waals surface area contributed by atoms with Crippen molar-refractivity contribution >= 4 is 38.2 Å². The maximum absolute atomic E-state index is 12.7. The van der Waals surface area contributed by atoms with E-state index in [0.29, 0.717) is 17.4 Å². The first-order chi connectivity index (χ1) is 13.5. The summed E-state index contributed by atoms with van der Waals surface area (Å²) in [6, 6.07) is 1.50. The van der Waals surface area contributed by atoms with Gasteiger partial charge in [0.1, 0.15) is 14.9 Å². The number of carbonyl (C=O) groups excluding carboxylic acids is 2. The maximum atomic E-state index is 12.7. The molecule has 1 saturated heterocycles. The normalized spacial score (nSPS) is 16.0. The number of aromatic amines is 1. The highest BCUT2D eigenvalue weighted by Crippen LogP contribution is 2.34. The topological polar surface area (TPSA) is 147 Å². The second-order valence-corrected chi connectivity index (χ2v) is 9.02. The number of nitrogens with two attached hydrogens (primary N) is 1. The lowest BCUT2D eigenvalue weighted by Gasteiger charge is -2.25. The average Bonchev–Trinajstić information content (AvgIpc) is 3.30. The summed E-state index contributed by atoms with van der Waals surface area (Å²) in [5, 5.41) is 6.93. The van der Waals surface area contributed by atoms with E-state index in [1.807, 2.05) is 0 Å². The van der Waals surface area contributed by atoms with Gasteiger partial charge in [-0.1, -0.05) is 0 Å². The average molecular weight is 453 g/mol. The SMILES string of the molecule is NC(=O)c1cc(S(=O)(=O)N2CCOCC2)sc1NC(=O)c1cc(C(F)(F)F)[nH]n1. The quantitative estimate of drug-likeness (QED) is 0.612. The van der Waals surface area contributed by atoms with E-state index in [9.17, 15) is 31.2 Å². The van der Waals surface area contributed by atoms with Gasteiger partial charge in [0.05, 0.1) is 18.8 Å². The van der Waals surface area contributed by atoms with Gasteiger partial charge in [-0.15, -0.1) is 11.3 Å². The molecular formula is C14H14F3N5O5S2. The van der Waals surface area contributed by atoms with Gasteiger partial charge < -0.3 is 15.8 Å². The second kappa shape index (κ2) is 7.74. The van der Waals surface area contributed by atoms with Crippen molar-refractivity contribution in [2.45, 2.75) is 10.4 Å². The number of primary amides is 1. The van der Waals surface area contributed by atoms with Crippen LogP contribution in [0.25, 0.3) is 0 Å². The van der Waals surface area contributed by atoms with E-state index in [2.05, 4.69) is 10.4 Å². The number of sulfonamides is 1. The molecule has 3 heterocycles. The van der Waals surface area contributed by atoms with Crippen LogP contribution in [0.2, 0.25) is 0 Å². The molecule has 0 saturated carbocycles. The van der Waals surface area contributed by atoms with E-state index < -0.39 is 39.4 Å². The highest BCUT2D eigenvalue weighted by atomic mass is 32.2. The minimum absolute atomic E-state index is 0.112. The molecule has 0 aliphatic carbocycles. The summed E-state index contributed by atoms with van der Waals surface area (Å²) in [6.07, 6.45) is -4.73. The number of carbonyl (C=O) groups is 2. The molecule has 2 aromatic heterocycles. The molecule has 3 rings (SSSR count). The Balaban J connectivity index is 1.88. The van der Waals surface area contributed by atoms with Crippen molar-refractivity contribution in [1.82, 2.24) is 14.5 Å². The lowest BCUT2D eigenvalue weighted by Crippen LogP contribution is -2.40. The van der Waals surface area contributed by atoms with Crippen molar-refractivity contribution in [3.63, 3.8) is 0 Å². The van der Waals surface area contributed by atoms with Gasteiger partial charge in [-0.2, -0.15) is 22.6 Å². The molecule has 158 valence electrons. The Morgan fingerprint density at radius 1 is 1.28 bits per heavy atom. The number of nitrogens with one attached hydrogen (secondary N) is 2. The number of amides is 2. The highest BCUT2D eigenvalue weighted by molar-refractivity contribution is 7.91. The second-order valence-electron chi connectivity index (χ2n) is 5.81. The molecule has 0 aromatic carbocycles. The van der Waals surface area contributed by atoms with Crippen LogP contribution in [-0.2, 0) is 20.9 Å². The third kappa shape index (κ3) is 4.42. The number of morpholine rings is 1. The van der Waals surface area contributed by atoms with Crippen LogP contribution in [0.4, 0.5) is 18.2 Å². The van der Waals surface area contributed by atoms with Crippen molar-refractivity contribution in [2.75, 3.05) is 31.6 Å². The molecule has 4 N–H and O–H groups in total. The monoisotopic (exact) mass is 453 g/mol. The summed E-state index contributed by atoms with van der Waals surface area (Å²) >= 11 is 0.560. The highest BCUT2D eigenvalue weighted by Gasteiger charge is 2.34. The molecular weight excluding hydrogens is 439 g/mol. The minimum atomic E-state index is -4.73. The van der Waals surface area contributed by atoms with Gasteiger partial charge >= 0.3 is 6.18 Å². The van der Waals surface area contributed by atoms with Crippen molar-refractivity contribution in [3.05, 3.63) is 29.1 Å². The van der Waals surface area contributed by atoms with Gasteiger partial charge in [0.25, 0.3) is 21.8 Å². The van der Waals surface area contributed by atoms with Crippen LogP contribution in [-0.4, -0.2) is 61.0 Å². The predicted molar refractivity (Wildman–Crippen MR) is 94.0 cm³/mol. The number of aromatic nitrogens is 2. The summed E-state index contributed by atoms with van der Waals surface area (Å²) in [6.45, 7) is 0.637. The van der Waals surface area contributed by atoms with Crippen LogP contribution in [0, 0.1) is 0 Å². The Labute approximate surface area is 165 Å². The number of anilines is 1. The van der Waals surface area contributed by atoms with Gasteiger partial charge in [0, 0.05) is 19.2 Å². The van der Waals surface area contributed by atoms with E-state index in [1.165, 1.54) is 0 Å². The van der Waals surface area contributed by atoms with E-state index in [0.717, 1.165) is 10.4 Å². The summed E-state index contributed by atoms with van der Waals surface area (Å²) in [5.74, 6) is -2.09. The van der Waals surface area contributed by atoms with Crippen LogP contribution in [0.3, 0.4) is 0 Å². The zero-order valence-electron chi connectivity index (χ0n) is 14.4. The molecule has 15 heteroatoms. The van der Waals surface area contributed by atoms with Gasteiger partial charge in [-0.05, 0) is 6.07 Å². The fraction of sp³-hybridized carbons (Fsp3) is 0.357. The predicted octanol–water partition coefficient (Wildman–Crippen LogP) is 0.862. The molecule has 0 bridgehead atoms. The van der Waals surface area contributed by atoms with E-state index in [4.69, 9.17) is 10.5 Å². The van der Waals surface area contributed by atoms with Crippen LogP contribution in [0.1, 0.15) is 26.5 Å². The number of rotatable bonds is 5. The summed E-state index contributed by atoms with van der Waals surface area (Å²) in [7, 11) is -3.97. The first kappa shape index (κ1) is 21.2. The van der Waals surface area contributed by atoms with E-state index in [1.54, 1.807) is 5.10 Å². The Morgan fingerprint density at radius 2 is 1.93 bits per heavy atom. The molecule has 1 fully saturated rings. The summed E-state index contributed by atoms with van der Waals surface area (Å²) in [4.78, 5) is 23.9. The van der Waals surface area contributed by atoms with Crippen LogP contribution < -0.4 is 11.1 Å². The number of hydrogen-bond donors (Lipinski definition) is 3. The largest absolute Gasteiger partial charge is 0.432 e. The first-order valence-electron chi connectivity index (χ1n) is 7.95. The third-order valence-corrected chi connectivity index (χ3v) is 7.28. The van der Waals surface area contributed by atoms with Crippen LogP contribution in [0.15, 0.2) is 16.3 Å². The first-order valence-corrected chi connectivity index (χ1v) is 10.2. The van der Waals surface area contributed by atoms with Gasteiger partial charge in [0.15, 0.2) is 5.69 Å². The van der Waals surface area contributed by atoms with Gasteiger partial charge in [0.2, 0.25) is 0 Å². The Morgan fingerprint density at radius 3 is 2.48 bits per heavy atom. The maximum Gasteiger partial charge on any atom is 0.432 e. The zero-order valence-corrected chi connectivity index (χ0v) is 16.1. The van der Waals surface area contributed by atoms with E-state index >= 15 is 0 Å². The molecule has 1 aliphatic rings. The summed E-state index contributed by atoms with van der Waals surface area (Å²) < 4.78 is 69.3. The third-order valence-electron chi connectivity index (χ3n) is 3.88. The minimum Gasteiger partial charge on any atom is -0.379 e. The lowest BCUT2D eigenvalue weighted by molar-refractivity contribution is -0.141. The van der Waals surface area contributed by atoms with Crippen LogP contribution in [0.5, 0.6) is 0 Å². The Bertz CT molecular complexity index is 1040. The smallest absolute Gasteiger partial charge is 0.379 e. The fourth-order valence-corrected chi connectivity index (χ4v) is 5.37. The molecule has 2 amide bonds. The molecule has 10 nitrogen and oxygen atoms in total. The van der Waals surface area contributed by atoms with Crippen molar-refractivity contribution in [1.29, 1.82) is 0 Å².